The fraction of sp³-hybridized carbons (Fsp3) is 0.500. The van der Waals surface area contributed by atoms with Crippen LogP contribution in [0, 0.1) is 0 Å². The van der Waals surface area contributed by atoms with Gasteiger partial charge in [-0.1, -0.05) is 30.3 Å². The predicted octanol–water partition coefficient (Wildman–Crippen LogP) is 2.11. The van der Waals surface area contributed by atoms with Crippen LogP contribution in [0.4, 0.5) is 0 Å². The molecule has 1 aromatic rings. The summed E-state index contributed by atoms with van der Waals surface area (Å²) in [4.78, 5) is 12.8. The molecule has 0 spiro atoms. The maximum atomic E-state index is 10.6. The van der Waals surface area contributed by atoms with Crippen LogP contribution in [0.15, 0.2) is 30.3 Å². The zero-order valence-electron chi connectivity index (χ0n) is 10.8. The number of rotatable bonds is 6. The predicted molar refractivity (Wildman–Crippen MR) is 68.9 cm³/mol. The van der Waals surface area contributed by atoms with E-state index in [-0.39, 0.29) is 5.97 Å². The number of carbonyl (C=O) groups excluding carboxylic acids is 1. The summed E-state index contributed by atoms with van der Waals surface area (Å²) in [5, 5.41) is 0. The molecule has 0 heterocycles. The minimum atomic E-state index is -0.214. The molecule has 3 nitrogen and oxygen atoms in total. The summed E-state index contributed by atoms with van der Waals surface area (Å²) in [7, 11) is 2.05. The van der Waals surface area contributed by atoms with E-state index in [9.17, 15) is 4.79 Å². The molecule has 17 heavy (non-hydrogen) atoms. The molecular weight excluding hydrogens is 214 g/mol. The van der Waals surface area contributed by atoms with E-state index in [1.165, 1.54) is 12.5 Å². The minimum absolute atomic E-state index is 0.214. The lowest BCUT2D eigenvalue weighted by atomic mass is 10.1. The van der Waals surface area contributed by atoms with E-state index in [0.717, 1.165) is 13.0 Å². The van der Waals surface area contributed by atoms with Crippen molar-refractivity contribution in [2.45, 2.75) is 26.3 Å². The van der Waals surface area contributed by atoms with E-state index >= 15 is 0 Å². The number of hydrogen-bond acceptors (Lipinski definition) is 3. The van der Waals surface area contributed by atoms with Gasteiger partial charge in [-0.25, -0.2) is 0 Å². The number of esters is 1. The second kappa shape index (κ2) is 7.07. The SMILES string of the molecule is CC(=O)OCCN(C)C(C)Cc1ccccc1. The van der Waals surface area contributed by atoms with Gasteiger partial charge in [0.05, 0.1) is 0 Å². The molecule has 0 bridgehead atoms. The molecule has 1 atom stereocenters. The average Bonchev–Trinajstić information content (AvgIpc) is 2.29. The fourth-order valence-electron chi connectivity index (χ4n) is 1.66. The molecule has 0 aliphatic heterocycles. The van der Waals surface area contributed by atoms with E-state index in [4.69, 9.17) is 4.74 Å². The summed E-state index contributed by atoms with van der Waals surface area (Å²) in [6, 6.07) is 10.8. The van der Waals surface area contributed by atoms with Crippen molar-refractivity contribution in [3.63, 3.8) is 0 Å². The summed E-state index contributed by atoms with van der Waals surface area (Å²) >= 11 is 0. The zero-order valence-corrected chi connectivity index (χ0v) is 10.8. The van der Waals surface area contributed by atoms with Gasteiger partial charge in [-0.2, -0.15) is 0 Å². The Morgan fingerprint density at radius 2 is 2.00 bits per heavy atom. The first kappa shape index (κ1) is 13.7. The minimum Gasteiger partial charge on any atom is -0.465 e. The van der Waals surface area contributed by atoms with Gasteiger partial charge in [-0.05, 0) is 26.0 Å². The Labute approximate surface area is 103 Å². The molecule has 0 fully saturated rings. The Hall–Kier alpha value is -1.35. The third-order valence-electron chi connectivity index (χ3n) is 2.88. The van der Waals surface area contributed by atoms with Crippen LogP contribution in [-0.4, -0.2) is 37.1 Å². The number of nitrogens with zero attached hydrogens (tertiary/aromatic N) is 1. The first-order valence-corrected chi connectivity index (χ1v) is 5.97. The maximum Gasteiger partial charge on any atom is 0.302 e. The van der Waals surface area contributed by atoms with Crippen molar-refractivity contribution in [3.05, 3.63) is 35.9 Å². The second-order valence-corrected chi connectivity index (χ2v) is 4.36. The average molecular weight is 235 g/mol. The lowest BCUT2D eigenvalue weighted by Crippen LogP contribution is -2.34. The Kier molecular flexibility index (Phi) is 5.70. The molecule has 0 saturated heterocycles. The molecular formula is C14H21NO2. The highest BCUT2D eigenvalue weighted by Gasteiger charge is 2.09. The molecule has 1 rings (SSSR count). The van der Waals surface area contributed by atoms with Crippen LogP contribution in [0.2, 0.25) is 0 Å². The van der Waals surface area contributed by atoms with Gasteiger partial charge in [0, 0.05) is 19.5 Å². The quantitative estimate of drug-likeness (QED) is 0.707. The van der Waals surface area contributed by atoms with Crippen LogP contribution in [-0.2, 0) is 16.0 Å². The van der Waals surface area contributed by atoms with Crippen molar-refractivity contribution in [1.82, 2.24) is 4.90 Å². The van der Waals surface area contributed by atoms with Gasteiger partial charge in [-0.15, -0.1) is 0 Å². The van der Waals surface area contributed by atoms with E-state index in [1.54, 1.807) is 0 Å². The number of benzene rings is 1. The van der Waals surface area contributed by atoms with Gasteiger partial charge < -0.3 is 4.74 Å². The molecule has 0 aliphatic carbocycles. The van der Waals surface area contributed by atoms with Crippen molar-refractivity contribution >= 4 is 5.97 Å². The van der Waals surface area contributed by atoms with Crippen LogP contribution in [0.5, 0.6) is 0 Å². The van der Waals surface area contributed by atoms with Crippen LogP contribution in [0.25, 0.3) is 0 Å². The summed E-state index contributed by atoms with van der Waals surface area (Å²) in [6.07, 6.45) is 1.01. The van der Waals surface area contributed by atoms with Crippen LogP contribution >= 0.6 is 0 Å². The molecule has 1 aromatic carbocycles. The number of ether oxygens (including phenoxy) is 1. The molecule has 0 N–H and O–H groups in total. The highest BCUT2D eigenvalue weighted by atomic mass is 16.5. The van der Waals surface area contributed by atoms with Crippen LogP contribution < -0.4 is 0 Å². The molecule has 0 aliphatic rings. The Balaban J connectivity index is 2.31. The van der Waals surface area contributed by atoms with Crippen molar-refractivity contribution in [2.24, 2.45) is 0 Å². The number of hydrogen-bond donors (Lipinski definition) is 0. The summed E-state index contributed by atoms with van der Waals surface area (Å²) < 4.78 is 4.93. The van der Waals surface area contributed by atoms with E-state index in [0.29, 0.717) is 12.6 Å². The lowest BCUT2D eigenvalue weighted by Gasteiger charge is -2.24. The van der Waals surface area contributed by atoms with Gasteiger partial charge in [-0.3, -0.25) is 9.69 Å². The smallest absolute Gasteiger partial charge is 0.302 e. The van der Waals surface area contributed by atoms with E-state index < -0.39 is 0 Å². The van der Waals surface area contributed by atoms with Gasteiger partial charge in [0.25, 0.3) is 0 Å². The molecule has 0 aromatic heterocycles. The van der Waals surface area contributed by atoms with Crippen molar-refractivity contribution in [3.8, 4) is 0 Å². The van der Waals surface area contributed by atoms with Crippen molar-refractivity contribution in [1.29, 1.82) is 0 Å². The van der Waals surface area contributed by atoms with Gasteiger partial charge in [0.15, 0.2) is 0 Å². The lowest BCUT2D eigenvalue weighted by molar-refractivity contribution is -0.141. The molecule has 94 valence electrons. The normalized spacial score (nSPS) is 12.5. The first-order valence-electron chi connectivity index (χ1n) is 5.97. The van der Waals surface area contributed by atoms with Gasteiger partial charge in [0.1, 0.15) is 6.61 Å². The third-order valence-corrected chi connectivity index (χ3v) is 2.88. The summed E-state index contributed by atoms with van der Waals surface area (Å²) in [6.45, 7) is 4.85. The molecule has 3 heteroatoms. The first-order chi connectivity index (χ1) is 8.09. The topological polar surface area (TPSA) is 29.5 Å². The third kappa shape index (κ3) is 5.50. The molecule has 0 amide bonds. The number of carbonyl (C=O) groups is 1. The summed E-state index contributed by atoms with van der Waals surface area (Å²) in [5.41, 5.74) is 1.33. The van der Waals surface area contributed by atoms with Crippen molar-refractivity contribution in [2.75, 3.05) is 20.2 Å². The Morgan fingerprint density at radius 1 is 1.35 bits per heavy atom. The second-order valence-electron chi connectivity index (χ2n) is 4.36. The van der Waals surface area contributed by atoms with Gasteiger partial charge >= 0.3 is 5.97 Å². The summed E-state index contributed by atoms with van der Waals surface area (Å²) in [5.74, 6) is -0.214. The molecule has 0 saturated carbocycles. The Bertz CT molecular complexity index is 337. The van der Waals surface area contributed by atoms with E-state index in [1.807, 2.05) is 6.07 Å². The standard InChI is InChI=1S/C14H21NO2/c1-12(11-14-7-5-4-6-8-14)15(3)9-10-17-13(2)16/h4-8,12H,9-11H2,1-3H3. The highest BCUT2D eigenvalue weighted by Crippen LogP contribution is 2.06. The maximum absolute atomic E-state index is 10.6. The molecule has 0 radical (unpaired) electrons. The zero-order chi connectivity index (χ0) is 12.7. The molecule has 1 unspecified atom stereocenters. The Morgan fingerprint density at radius 3 is 2.59 bits per heavy atom. The largest absolute Gasteiger partial charge is 0.465 e. The number of likely N-dealkylation sites (N-methyl/N-ethyl adjacent to an activating group) is 1. The monoisotopic (exact) mass is 235 g/mol. The van der Waals surface area contributed by atoms with E-state index in [2.05, 4.69) is 43.1 Å². The van der Waals surface area contributed by atoms with Crippen LogP contribution in [0.3, 0.4) is 0 Å². The van der Waals surface area contributed by atoms with Crippen LogP contribution in [0.1, 0.15) is 19.4 Å². The highest BCUT2D eigenvalue weighted by molar-refractivity contribution is 5.65. The van der Waals surface area contributed by atoms with Crippen molar-refractivity contribution < 1.29 is 9.53 Å². The van der Waals surface area contributed by atoms with Gasteiger partial charge in [0.2, 0.25) is 0 Å². The fourth-order valence-corrected chi connectivity index (χ4v) is 1.66.